The minimum atomic E-state index is -0.835. The fourth-order valence-electron chi connectivity index (χ4n) is 1.17. The molecule has 0 saturated heterocycles. The molecular formula is C11H19NO5. The first-order valence-corrected chi connectivity index (χ1v) is 5.70. The SMILES string of the molecule is CCOC(=O)CCC(=O)NCCCCC(=O)O. The number of amides is 1. The quantitative estimate of drug-likeness (QED) is 0.461. The molecule has 0 aliphatic heterocycles. The number of unbranched alkanes of at least 4 members (excludes halogenated alkanes) is 1. The summed E-state index contributed by atoms with van der Waals surface area (Å²) in [6.07, 6.45) is 1.45. The van der Waals surface area contributed by atoms with Crippen LogP contribution in [0.2, 0.25) is 0 Å². The zero-order chi connectivity index (χ0) is 13.1. The number of ether oxygens (including phenoxy) is 1. The molecule has 98 valence electrons. The minimum absolute atomic E-state index is 0.0782. The van der Waals surface area contributed by atoms with Crippen molar-refractivity contribution in [2.45, 2.75) is 39.0 Å². The average Bonchev–Trinajstić information content (AvgIpc) is 2.26. The number of aliphatic carboxylic acids is 1. The van der Waals surface area contributed by atoms with Crippen LogP contribution in [-0.4, -0.2) is 36.1 Å². The van der Waals surface area contributed by atoms with Crippen LogP contribution in [0.3, 0.4) is 0 Å². The van der Waals surface area contributed by atoms with Crippen molar-refractivity contribution in [3.8, 4) is 0 Å². The van der Waals surface area contributed by atoms with E-state index in [9.17, 15) is 14.4 Å². The van der Waals surface area contributed by atoms with E-state index in [1.165, 1.54) is 0 Å². The van der Waals surface area contributed by atoms with Crippen molar-refractivity contribution in [2.75, 3.05) is 13.2 Å². The van der Waals surface area contributed by atoms with Crippen molar-refractivity contribution in [1.29, 1.82) is 0 Å². The smallest absolute Gasteiger partial charge is 0.306 e. The Labute approximate surface area is 100 Å². The molecule has 0 atom stereocenters. The van der Waals surface area contributed by atoms with Gasteiger partial charge in [0.25, 0.3) is 0 Å². The van der Waals surface area contributed by atoms with E-state index in [4.69, 9.17) is 5.11 Å². The number of carbonyl (C=O) groups excluding carboxylic acids is 2. The maximum atomic E-state index is 11.2. The van der Waals surface area contributed by atoms with Crippen molar-refractivity contribution in [2.24, 2.45) is 0 Å². The molecule has 0 aromatic carbocycles. The molecule has 6 heteroatoms. The monoisotopic (exact) mass is 245 g/mol. The minimum Gasteiger partial charge on any atom is -0.481 e. The Balaban J connectivity index is 3.40. The molecule has 0 aromatic heterocycles. The third-order valence-electron chi connectivity index (χ3n) is 2.00. The number of esters is 1. The van der Waals surface area contributed by atoms with Gasteiger partial charge in [0.1, 0.15) is 0 Å². The second-order valence-corrected chi connectivity index (χ2v) is 3.51. The van der Waals surface area contributed by atoms with Crippen LogP contribution in [0.4, 0.5) is 0 Å². The molecule has 17 heavy (non-hydrogen) atoms. The highest BCUT2D eigenvalue weighted by Crippen LogP contribution is 1.95. The van der Waals surface area contributed by atoms with Crippen molar-refractivity contribution < 1.29 is 24.2 Å². The molecule has 0 saturated carbocycles. The first-order chi connectivity index (χ1) is 8.06. The Kier molecular flexibility index (Phi) is 8.72. The van der Waals surface area contributed by atoms with Crippen LogP contribution < -0.4 is 5.32 Å². The Hall–Kier alpha value is -1.59. The maximum absolute atomic E-state index is 11.2. The summed E-state index contributed by atoms with van der Waals surface area (Å²) < 4.78 is 4.68. The number of carbonyl (C=O) groups is 3. The number of hydrogen-bond acceptors (Lipinski definition) is 4. The second kappa shape index (κ2) is 9.62. The van der Waals surface area contributed by atoms with E-state index in [-0.39, 0.29) is 31.1 Å². The van der Waals surface area contributed by atoms with Gasteiger partial charge in [0.2, 0.25) is 5.91 Å². The molecule has 0 heterocycles. The molecule has 0 bridgehead atoms. The highest BCUT2D eigenvalue weighted by atomic mass is 16.5. The average molecular weight is 245 g/mol. The molecule has 0 spiro atoms. The van der Waals surface area contributed by atoms with Crippen LogP contribution in [0, 0.1) is 0 Å². The van der Waals surface area contributed by atoms with Gasteiger partial charge in [-0.25, -0.2) is 0 Å². The maximum Gasteiger partial charge on any atom is 0.306 e. The Morgan fingerprint density at radius 2 is 1.82 bits per heavy atom. The zero-order valence-corrected chi connectivity index (χ0v) is 10.0. The zero-order valence-electron chi connectivity index (χ0n) is 10.0. The molecule has 6 nitrogen and oxygen atoms in total. The van der Waals surface area contributed by atoms with Gasteiger partial charge in [-0.05, 0) is 19.8 Å². The van der Waals surface area contributed by atoms with E-state index in [2.05, 4.69) is 10.1 Å². The van der Waals surface area contributed by atoms with Crippen LogP contribution in [-0.2, 0) is 19.1 Å². The van der Waals surface area contributed by atoms with E-state index in [0.717, 1.165) is 0 Å². The van der Waals surface area contributed by atoms with Gasteiger partial charge in [-0.3, -0.25) is 14.4 Å². The Morgan fingerprint density at radius 3 is 2.41 bits per heavy atom. The standard InChI is InChI=1S/C11H19NO5/c1-2-17-11(16)7-6-9(13)12-8-4-3-5-10(14)15/h2-8H2,1H3,(H,12,13)(H,14,15). The number of carboxylic acids is 1. The first-order valence-electron chi connectivity index (χ1n) is 5.70. The van der Waals surface area contributed by atoms with Gasteiger partial charge >= 0.3 is 11.9 Å². The van der Waals surface area contributed by atoms with Crippen molar-refractivity contribution in [3.63, 3.8) is 0 Å². The van der Waals surface area contributed by atoms with Crippen molar-refractivity contribution in [1.82, 2.24) is 5.32 Å². The molecular weight excluding hydrogens is 226 g/mol. The number of carboxylic acid groups (broad SMARTS) is 1. The molecule has 0 fully saturated rings. The third-order valence-corrected chi connectivity index (χ3v) is 2.00. The fraction of sp³-hybridized carbons (Fsp3) is 0.727. The van der Waals surface area contributed by atoms with Gasteiger partial charge in [-0.15, -0.1) is 0 Å². The van der Waals surface area contributed by atoms with Gasteiger partial charge < -0.3 is 15.2 Å². The normalized spacial score (nSPS) is 9.71. The summed E-state index contributed by atoms with van der Waals surface area (Å²) in [5, 5.41) is 11.0. The Morgan fingerprint density at radius 1 is 1.12 bits per heavy atom. The first kappa shape index (κ1) is 15.4. The molecule has 0 aliphatic rings. The van der Waals surface area contributed by atoms with Crippen molar-refractivity contribution in [3.05, 3.63) is 0 Å². The van der Waals surface area contributed by atoms with E-state index >= 15 is 0 Å². The molecule has 0 radical (unpaired) electrons. The van der Waals surface area contributed by atoms with Gasteiger partial charge in [0.05, 0.1) is 13.0 Å². The summed E-state index contributed by atoms with van der Waals surface area (Å²) in [6.45, 7) is 2.46. The summed E-state index contributed by atoms with van der Waals surface area (Å²) >= 11 is 0. The van der Waals surface area contributed by atoms with Crippen LogP contribution >= 0.6 is 0 Å². The van der Waals surface area contributed by atoms with Gasteiger partial charge in [-0.1, -0.05) is 0 Å². The topological polar surface area (TPSA) is 92.7 Å². The van der Waals surface area contributed by atoms with Gasteiger partial charge in [0.15, 0.2) is 0 Å². The molecule has 0 unspecified atom stereocenters. The van der Waals surface area contributed by atoms with Crippen LogP contribution in [0.15, 0.2) is 0 Å². The van der Waals surface area contributed by atoms with Crippen LogP contribution in [0.1, 0.15) is 39.0 Å². The molecule has 1 amide bonds. The summed E-state index contributed by atoms with van der Waals surface area (Å²) in [7, 11) is 0. The van der Waals surface area contributed by atoms with E-state index in [1.54, 1.807) is 6.92 Å². The molecule has 0 rings (SSSR count). The van der Waals surface area contributed by atoms with Crippen LogP contribution in [0.5, 0.6) is 0 Å². The highest BCUT2D eigenvalue weighted by Gasteiger charge is 2.06. The van der Waals surface area contributed by atoms with E-state index < -0.39 is 5.97 Å². The predicted molar refractivity (Wildman–Crippen MR) is 60.4 cm³/mol. The predicted octanol–water partition coefficient (Wildman–Crippen LogP) is 0.701. The lowest BCUT2D eigenvalue weighted by molar-refractivity contribution is -0.144. The van der Waals surface area contributed by atoms with Gasteiger partial charge in [0, 0.05) is 19.4 Å². The number of nitrogens with one attached hydrogen (secondary N) is 1. The van der Waals surface area contributed by atoms with Gasteiger partial charge in [-0.2, -0.15) is 0 Å². The summed E-state index contributed by atoms with van der Waals surface area (Å²) in [6, 6.07) is 0. The molecule has 0 aromatic rings. The lowest BCUT2D eigenvalue weighted by atomic mass is 10.2. The number of rotatable bonds is 9. The van der Waals surface area contributed by atoms with E-state index in [0.29, 0.717) is 26.0 Å². The largest absolute Gasteiger partial charge is 0.481 e. The summed E-state index contributed by atoms with van der Waals surface area (Å²) in [4.78, 5) is 32.3. The lowest BCUT2D eigenvalue weighted by Crippen LogP contribution is -2.25. The fourth-order valence-corrected chi connectivity index (χ4v) is 1.17. The Bertz CT molecular complexity index is 265. The number of hydrogen-bond donors (Lipinski definition) is 2. The van der Waals surface area contributed by atoms with E-state index in [1.807, 2.05) is 0 Å². The molecule has 2 N–H and O–H groups in total. The third kappa shape index (κ3) is 10.7. The highest BCUT2D eigenvalue weighted by molar-refractivity contribution is 5.81. The summed E-state index contributed by atoms with van der Waals surface area (Å²) in [5.74, 6) is -1.43. The lowest BCUT2D eigenvalue weighted by Gasteiger charge is -2.04. The second-order valence-electron chi connectivity index (χ2n) is 3.51. The molecule has 0 aliphatic carbocycles. The van der Waals surface area contributed by atoms with Crippen LogP contribution in [0.25, 0.3) is 0 Å². The van der Waals surface area contributed by atoms with Crippen molar-refractivity contribution >= 4 is 17.8 Å². The summed E-state index contributed by atoms with van der Waals surface area (Å²) in [5.41, 5.74) is 0.